The van der Waals surface area contributed by atoms with E-state index < -0.39 is 30.1 Å². The van der Waals surface area contributed by atoms with Gasteiger partial charge in [-0.25, -0.2) is 9.59 Å². The van der Waals surface area contributed by atoms with Gasteiger partial charge in [-0.15, -0.1) is 0 Å². The number of benzene rings is 3. The molecule has 5 rings (SSSR count). The minimum Gasteiger partial charge on any atom is -0.481 e. The summed E-state index contributed by atoms with van der Waals surface area (Å²) in [6.45, 7) is 2.14. The third-order valence-corrected chi connectivity index (χ3v) is 7.20. The molecule has 0 bridgehead atoms. The Morgan fingerprint density at radius 2 is 1.54 bits per heavy atom. The van der Waals surface area contributed by atoms with Gasteiger partial charge in [0.1, 0.15) is 6.61 Å². The summed E-state index contributed by atoms with van der Waals surface area (Å²) in [7, 11) is 0. The molecule has 3 amide bonds. The number of carbonyl (C=O) groups excluding carboxylic acids is 2. The van der Waals surface area contributed by atoms with E-state index in [9.17, 15) is 19.5 Å². The second-order valence-electron chi connectivity index (χ2n) is 9.73. The summed E-state index contributed by atoms with van der Waals surface area (Å²) in [6, 6.07) is 23.4. The molecule has 1 saturated carbocycles. The fourth-order valence-electron chi connectivity index (χ4n) is 5.02. The number of nitrogens with one attached hydrogen (secondary N) is 1. The molecule has 0 unspecified atom stereocenters. The fraction of sp³-hybridized carbons (Fsp3) is 0.258. The number of fused-ring (bicyclic) bond motifs is 2. The number of nitrogens with zero attached hydrogens (tertiary/aromatic N) is 2. The molecule has 0 aromatic heterocycles. The lowest BCUT2D eigenvalue weighted by Gasteiger charge is -2.32. The minimum absolute atomic E-state index is 0.0811. The first-order chi connectivity index (χ1) is 19.0. The molecule has 1 heterocycles. The number of aliphatic carboxylic acids is 1. The first-order valence-electron chi connectivity index (χ1n) is 13.1. The molecule has 3 atom stereocenters. The lowest BCUT2D eigenvalue weighted by atomic mass is 10.1. The standard InChI is InChI=1S/C31H31N3O5/c1-2-24(33(28-18-25(28)29(35)36)31(38)39-20-21-10-4-3-5-11-21)19-32-30(37)34-26-14-8-6-12-22(26)16-17-23-13-7-9-15-27(23)34/h3-17,24-25,28H,2,18-20H2,1H3,(H,32,37)(H,35,36)/t24-,25-,28+/m1/s1. The third-order valence-electron chi connectivity index (χ3n) is 7.20. The van der Waals surface area contributed by atoms with E-state index in [0.29, 0.717) is 12.8 Å². The van der Waals surface area contributed by atoms with Crippen molar-refractivity contribution in [2.24, 2.45) is 5.92 Å². The molecule has 39 heavy (non-hydrogen) atoms. The van der Waals surface area contributed by atoms with E-state index in [1.807, 2.05) is 97.9 Å². The molecule has 1 aliphatic carbocycles. The van der Waals surface area contributed by atoms with Crippen molar-refractivity contribution in [3.63, 3.8) is 0 Å². The number of hydrogen-bond acceptors (Lipinski definition) is 4. The molecule has 200 valence electrons. The lowest BCUT2D eigenvalue weighted by Crippen LogP contribution is -2.50. The van der Waals surface area contributed by atoms with E-state index in [1.165, 1.54) is 4.90 Å². The van der Waals surface area contributed by atoms with Crippen molar-refractivity contribution in [1.82, 2.24) is 10.2 Å². The van der Waals surface area contributed by atoms with Crippen LogP contribution < -0.4 is 10.2 Å². The second kappa shape index (κ2) is 11.4. The van der Waals surface area contributed by atoms with Gasteiger partial charge in [-0.2, -0.15) is 0 Å². The number of carbonyl (C=O) groups is 3. The monoisotopic (exact) mass is 525 g/mol. The van der Waals surface area contributed by atoms with Crippen LogP contribution in [0.2, 0.25) is 0 Å². The average molecular weight is 526 g/mol. The molecule has 1 aliphatic heterocycles. The molecule has 3 aromatic rings. The van der Waals surface area contributed by atoms with E-state index in [1.54, 1.807) is 4.90 Å². The van der Waals surface area contributed by atoms with Crippen LogP contribution in [-0.2, 0) is 16.1 Å². The number of carboxylic acids is 1. The van der Waals surface area contributed by atoms with E-state index in [0.717, 1.165) is 28.1 Å². The van der Waals surface area contributed by atoms with Gasteiger partial charge in [0, 0.05) is 12.6 Å². The molecule has 3 aromatic carbocycles. The van der Waals surface area contributed by atoms with Crippen molar-refractivity contribution in [2.75, 3.05) is 11.4 Å². The highest BCUT2D eigenvalue weighted by molar-refractivity contribution is 6.05. The van der Waals surface area contributed by atoms with Gasteiger partial charge in [-0.1, -0.05) is 85.8 Å². The summed E-state index contributed by atoms with van der Waals surface area (Å²) >= 11 is 0. The first-order valence-corrected chi connectivity index (χ1v) is 13.1. The molecule has 2 N–H and O–H groups in total. The van der Waals surface area contributed by atoms with Crippen molar-refractivity contribution in [3.05, 3.63) is 95.6 Å². The van der Waals surface area contributed by atoms with Crippen LogP contribution in [0.4, 0.5) is 21.0 Å². The average Bonchev–Trinajstić information content (AvgIpc) is 3.77. The SMILES string of the molecule is CC[C@H](CNC(=O)N1c2ccccc2C=Cc2ccccc21)N(C(=O)OCc1ccccc1)[C@H]1C[C@H]1C(=O)O. The van der Waals surface area contributed by atoms with Gasteiger partial charge in [0.25, 0.3) is 0 Å². The molecule has 0 saturated heterocycles. The van der Waals surface area contributed by atoms with Crippen molar-refractivity contribution < 1.29 is 24.2 Å². The number of rotatable bonds is 8. The Balaban J connectivity index is 1.35. The van der Waals surface area contributed by atoms with E-state index in [4.69, 9.17) is 4.74 Å². The molecule has 8 heteroatoms. The Labute approximate surface area is 227 Å². The molecular formula is C31H31N3O5. The summed E-state index contributed by atoms with van der Waals surface area (Å²) in [5, 5.41) is 12.6. The summed E-state index contributed by atoms with van der Waals surface area (Å²) in [5.74, 6) is -1.58. The molecular weight excluding hydrogens is 494 g/mol. The molecule has 1 fully saturated rings. The lowest BCUT2D eigenvalue weighted by molar-refractivity contribution is -0.139. The number of hydrogen-bond donors (Lipinski definition) is 2. The van der Waals surface area contributed by atoms with Crippen molar-refractivity contribution in [1.29, 1.82) is 0 Å². The van der Waals surface area contributed by atoms with E-state index >= 15 is 0 Å². The predicted molar refractivity (Wildman–Crippen MR) is 149 cm³/mol. The topological polar surface area (TPSA) is 99.2 Å². The Morgan fingerprint density at radius 3 is 2.10 bits per heavy atom. The Morgan fingerprint density at radius 1 is 0.949 bits per heavy atom. The highest BCUT2D eigenvalue weighted by Gasteiger charge is 2.51. The van der Waals surface area contributed by atoms with Gasteiger partial charge in [0.2, 0.25) is 0 Å². The van der Waals surface area contributed by atoms with Crippen LogP contribution in [0.15, 0.2) is 78.9 Å². The van der Waals surface area contributed by atoms with Crippen LogP contribution in [0.5, 0.6) is 0 Å². The smallest absolute Gasteiger partial charge is 0.410 e. The zero-order chi connectivity index (χ0) is 27.4. The van der Waals surface area contributed by atoms with Crippen LogP contribution in [-0.4, -0.2) is 46.7 Å². The Hall–Kier alpha value is -4.59. The summed E-state index contributed by atoms with van der Waals surface area (Å²) < 4.78 is 5.60. The third kappa shape index (κ3) is 5.65. The van der Waals surface area contributed by atoms with Crippen LogP contribution in [0.3, 0.4) is 0 Å². The van der Waals surface area contributed by atoms with E-state index in [-0.39, 0.29) is 19.2 Å². The Bertz CT molecular complexity index is 1340. The van der Waals surface area contributed by atoms with Gasteiger partial charge in [-0.05, 0) is 41.7 Å². The quantitative estimate of drug-likeness (QED) is 0.381. The number of anilines is 2. The predicted octanol–water partition coefficient (Wildman–Crippen LogP) is 5.91. The maximum absolute atomic E-state index is 13.7. The maximum Gasteiger partial charge on any atom is 0.410 e. The number of para-hydroxylation sites is 2. The Kier molecular flexibility index (Phi) is 7.63. The molecule has 8 nitrogen and oxygen atoms in total. The summed E-state index contributed by atoms with van der Waals surface area (Å²) in [6.07, 6.45) is 4.26. The van der Waals surface area contributed by atoms with Gasteiger partial charge in [0.15, 0.2) is 0 Å². The second-order valence-corrected chi connectivity index (χ2v) is 9.73. The van der Waals surface area contributed by atoms with Crippen LogP contribution >= 0.6 is 0 Å². The van der Waals surface area contributed by atoms with Gasteiger partial charge in [0.05, 0.1) is 23.3 Å². The zero-order valence-corrected chi connectivity index (χ0v) is 21.7. The molecule has 0 radical (unpaired) electrons. The van der Waals surface area contributed by atoms with Crippen LogP contribution in [0.1, 0.15) is 36.5 Å². The first kappa shape index (κ1) is 26.0. The van der Waals surface area contributed by atoms with Crippen molar-refractivity contribution in [3.8, 4) is 0 Å². The van der Waals surface area contributed by atoms with Gasteiger partial charge in [-0.3, -0.25) is 14.6 Å². The fourth-order valence-corrected chi connectivity index (χ4v) is 5.02. The minimum atomic E-state index is -0.940. The largest absolute Gasteiger partial charge is 0.481 e. The number of carboxylic acid groups (broad SMARTS) is 1. The van der Waals surface area contributed by atoms with Crippen molar-refractivity contribution >= 4 is 41.6 Å². The normalized spacial score (nSPS) is 17.7. The zero-order valence-electron chi connectivity index (χ0n) is 21.7. The van der Waals surface area contributed by atoms with E-state index in [2.05, 4.69) is 5.32 Å². The highest BCUT2D eigenvalue weighted by atomic mass is 16.6. The van der Waals surface area contributed by atoms with Crippen molar-refractivity contribution in [2.45, 2.75) is 38.5 Å². The van der Waals surface area contributed by atoms with Crippen LogP contribution in [0.25, 0.3) is 12.2 Å². The number of ether oxygens (including phenoxy) is 1. The van der Waals surface area contributed by atoms with Gasteiger partial charge < -0.3 is 15.2 Å². The molecule has 2 aliphatic rings. The van der Waals surface area contributed by atoms with Crippen LogP contribution in [0, 0.1) is 5.92 Å². The highest BCUT2D eigenvalue weighted by Crippen LogP contribution is 2.39. The van der Waals surface area contributed by atoms with Gasteiger partial charge >= 0.3 is 18.1 Å². The maximum atomic E-state index is 13.7. The summed E-state index contributed by atoms with van der Waals surface area (Å²) in [4.78, 5) is 41.8. The molecule has 0 spiro atoms. The number of urea groups is 1. The number of amides is 3. The summed E-state index contributed by atoms with van der Waals surface area (Å²) in [5.41, 5.74) is 4.14.